The molecule has 4 amide bonds. The first-order valence-corrected chi connectivity index (χ1v) is 25.0. The number of benzene rings is 3. The van der Waals surface area contributed by atoms with Crippen LogP contribution in [0.25, 0.3) is 43.9 Å². The topological polar surface area (TPSA) is 221 Å². The van der Waals surface area contributed by atoms with E-state index in [1.54, 1.807) is 71.2 Å². The van der Waals surface area contributed by atoms with E-state index in [1.807, 2.05) is 72.3 Å². The van der Waals surface area contributed by atoms with Gasteiger partial charge in [0.1, 0.15) is 11.6 Å². The summed E-state index contributed by atoms with van der Waals surface area (Å²) in [5.41, 5.74) is 3.58. The van der Waals surface area contributed by atoms with E-state index >= 15 is 0 Å². The van der Waals surface area contributed by atoms with Crippen molar-refractivity contribution in [2.75, 3.05) is 26.2 Å². The molecule has 0 aliphatic carbocycles. The molecule has 0 bridgehead atoms. The minimum atomic E-state index is -0.341. The lowest BCUT2D eigenvalue weighted by Crippen LogP contribution is -2.25. The zero-order valence-corrected chi connectivity index (χ0v) is 42.0. The van der Waals surface area contributed by atoms with E-state index in [-0.39, 0.29) is 46.7 Å². The van der Waals surface area contributed by atoms with Crippen LogP contribution in [-0.4, -0.2) is 70.4 Å². The van der Waals surface area contributed by atoms with Gasteiger partial charge >= 0.3 is 0 Å². The maximum absolute atomic E-state index is 12.8. The van der Waals surface area contributed by atoms with Gasteiger partial charge in [-0.3, -0.25) is 19.2 Å². The second-order valence-electron chi connectivity index (χ2n) is 15.6. The first kappa shape index (κ1) is 54.7. The maximum Gasteiger partial charge on any atom is 0.273 e. The molecule has 6 aromatic heterocycles. The molecule has 16 nitrogen and oxygen atoms in total. The van der Waals surface area contributed by atoms with Gasteiger partial charge in [-0.15, -0.1) is 29.3 Å². The number of aromatic nitrogens is 4. The summed E-state index contributed by atoms with van der Waals surface area (Å²) < 4.78 is 46.0. The summed E-state index contributed by atoms with van der Waals surface area (Å²) in [4.78, 5) is 48.8. The van der Waals surface area contributed by atoms with Crippen LogP contribution in [0.5, 0.6) is 0 Å². The van der Waals surface area contributed by atoms with E-state index in [1.165, 1.54) is 35.9 Å². The number of unbranched alkanes of at least 4 members (excludes halogenated alkanes) is 1. The molecule has 9 rings (SSSR count). The van der Waals surface area contributed by atoms with Gasteiger partial charge in [-0.25, -0.2) is 8.78 Å². The van der Waals surface area contributed by atoms with Crippen molar-refractivity contribution in [3.8, 4) is 43.9 Å². The molecule has 0 saturated heterocycles. The van der Waals surface area contributed by atoms with Gasteiger partial charge in [-0.2, -0.15) is 0 Å². The molecule has 74 heavy (non-hydrogen) atoms. The normalized spacial score (nSPS) is 10.3. The quantitative estimate of drug-likeness (QED) is 0.0466. The highest BCUT2D eigenvalue weighted by Gasteiger charge is 2.17. The first-order valence-electron chi connectivity index (χ1n) is 23.3. The van der Waals surface area contributed by atoms with Crippen LogP contribution in [-0.2, 0) is 6.42 Å². The lowest BCUT2D eigenvalue weighted by atomic mass is 10.1. The fourth-order valence-electron chi connectivity index (χ4n) is 6.21. The van der Waals surface area contributed by atoms with Crippen molar-refractivity contribution in [3.63, 3.8) is 0 Å². The van der Waals surface area contributed by atoms with Crippen molar-refractivity contribution in [2.45, 2.75) is 39.5 Å². The fourth-order valence-corrected chi connectivity index (χ4v) is 7.55. The number of halogens is 2. The predicted octanol–water partition coefficient (Wildman–Crippen LogP) is 11.3. The third-order valence-corrected chi connectivity index (χ3v) is 11.8. The summed E-state index contributed by atoms with van der Waals surface area (Å²) >= 11 is 3.10. The molecular weight excluding hydrogens is 991 g/mol. The van der Waals surface area contributed by atoms with E-state index in [0.717, 1.165) is 35.4 Å². The van der Waals surface area contributed by atoms with Crippen LogP contribution in [0.4, 0.5) is 8.78 Å². The van der Waals surface area contributed by atoms with E-state index < -0.39 is 0 Å². The standard InChI is InChI=1S/C16H14N2O2S.C14H15FN2O2.C13H11FN2O2.C11H12N2O2S/c19-16(17-9-8-12-5-2-1-3-6-12)13-11-14(20-18-13)15-7-4-10-21-15;1-2-3-8-16-14(18)12-9-13(19-17-12)10-4-6-11(15)7-5-10;1-2-7-15-13(17)11-8-12(18-16-11)9-3-5-10(14)6-4-9;1-2-5-12-11(14)8-7-9(15-13-8)10-4-3-6-16-10/h1-7,10-11H,8-9H2,(H,17,19);4-7,9H,2-3,8H2,1H3,(H,16,18);2-6,8H,1,7H2,(H,15,17);3-4,6-7H,2,5H2,1H3,(H,12,14). The molecule has 0 radical (unpaired) electrons. The Morgan fingerprint density at radius 3 is 1.35 bits per heavy atom. The maximum atomic E-state index is 12.8. The number of hydrogen-bond acceptors (Lipinski definition) is 14. The summed E-state index contributed by atoms with van der Waals surface area (Å²) in [6.07, 6.45) is 5.21. The van der Waals surface area contributed by atoms with Gasteiger partial charge in [0.15, 0.2) is 45.8 Å². The lowest BCUT2D eigenvalue weighted by Gasteiger charge is -2.02. The van der Waals surface area contributed by atoms with Crippen molar-refractivity contribution >= 4 is 46.3 Å². The molecule has 20 heteroatoms. The minimum Gasteiger partial charge on any atom is -0.355 e. The SMILES string of the molecule is C=CCNC(=O)c1cc(-c2ccc(F)cc2)on1.CCCCNC(=O)c1cc(-c2ccc(F)cc2)on1.CCCNC(=O)c1cc(-c2cccs2)on1.O=C(NCCc1ccccc1)c1cc(-c2cccs2)on1. The van der Waals surface area contributed by atoms with Gasteiger partial charge in [0, 0.05) is 61.6 Å². The third kappa shape index (κ3) is 17.0. The zero-order chi connectivity index (χ0) is 52.5. The zero-order valence-electron chi connectivity index (χ0n) is 40.3. The molecule has 9 aromatic rings. The Hall–Kier alpha value is -8.62. The van der Waals surface area contributed by atoms with Gasteiger partial charge < -0.3 is 39.4 Å². The van der Waals surface area contributed by atoms with E-state index in [2.05, 4.69) is 55.4 Å². The minimum absolute atomic E-state index is 0.177. The van der Waals surface area contributed by atoms with Gasteiger partial charge in [-0.1, -0.05) is 89.4 Å². The summed E-state index contributed by atoms with van der Waals surface area (Å²) in [5, 5.41) is 29.8. The van der Waals surface area contributed by atoms with Crippen molar-refractivity contribution in [3.05, 3.63) is 191 Å². The number of rotatable bonds is 18. The molecule has 0 fully saturated rings. The smallest absolute Gasteiger partial charge is 0.273 e. The molecule has 0 unspecified atom stereocenters. The van der Waals surface area contributed by atoms with Crippen LogP contribution in [0.15, 0.2) is 169 Å². The second kappa shape index (κ2) is 29.0. The highest BCUT2D eigenvalue weighted by Crippen LogP contribution is 2.27. The van der Waals surface area contributed by atoms with Gasteiger partial charge in [0.05, 0.1) is 9.75 Å². The summed E-state index contributed by atoms with van der Waals surface area (Å²) in [5.74, 6) is 0.473. The molecular formula is C54H52F2N8O8S2. The van der Waals surface area contributed by atoms with Crippen LogP contribution < -0.4 is 21.3 Å². The Morgan fingerprint density at radius 2 is 0.932 bits per heavy atom. The molecule has 0 atom stereocenters. The summed E-state index contributed by atoms with van der Waals surface area (Å²) in [6, 6.07) is 35.7. The molecule has 0 aliphatic heterocycles. The largest absolute Gasteiger partial charge is 0.355 e. The fraction of sp³-hybridized carbons (Fsp3) is 0.185. The average Bonchev–Trinajstić information content (AvgIpc) is 4.28. The van der Waals surface area contributed by atoms with Crippen LogP contribution in [0.2, 0.25) is 0 Å². The van der Waals surface area contributed by atoms with E-state index in [9.17, 15) is 28.0 Å². The van der Waals surface area contributed by atoms with Crippen molar-refractivity contribution in [2.24, 2.45) is 0 Å². The van der Waals surface area contributed by atoms with Crippen LogP contribution in [0.3, 0.4) is 0 Å². The van der Waals surface area contributed by atoms with Crippen molar-refractivity contribution < 1.29 is 46.1 Å². The highest BCUT2D eigenvalue weighted by atomic mass is 32.1. The third-order valence-electron chi connectivity index (χ3n) is 10.1. The summed E-state index contributed by atoms with van der Waals surface area (Å²) in [7, 11) is 0. The molecule has 0 aliphatic rings. The number of nitrogens with one attached hydrogen (secondary N) is 4. The number of hydrogen-bond donors (Lipinski definition) is 4. The van der Waals surface area contributed by atoms with Crippen molar-refractivity contribution in [1.29, 1.82) is 0 Å². The Bertz CT molecular complexity index is 3120. The molecule has 0 saturated carbocycles. The highest BCUT2D eigenvalue weighted by molar-refractivity contribution is 7.13. The predicted molar refractivity (Wildman–Crippen MR) is 278 cm³/mol. The van der Waals surface area contributed by atoms with Crippen LogP contribution in [0, 0.1) is 11.6 Å². The molecule has 3 aromatic carbocycles. The number of thiophene rings is 2. The number of nitrogens with zero attached hydrogens (tertiary/aromatic N) is 4. The monoisotopic (exact) mass is 1040 g/mol. The Kier molecular flexibility index (Phi) is 21.5. The average molecular weight is 1040 g/mol. The molecule has 382 valence electrons. The van der Waals surface area contributed by atoms with Gasteiger partial charge in [-0.05, 0) is 96.2 Å². The second-order valence-corrected chi connectivity index (χ2v) is 17.5. The van der Waals surface area contributed by atoms with Crippen LogP contribution >= 0.6 is 22.7 Å². The number of carbonyl (C=O) groups is 4. The first-order chi connectivity index (χ1) is 36.0. The van der Waals surface area contributed by atoms with Gasteiger partial charge in [0.2, 0.25) is 0 Å². The lowest BCUT2D eigenvalue weighted by molar-refractivity contribution is 0.0936. The van der Waals surface area contributed by atoms with E-state index in [4.69, 9.17) is 18.1 Å². The van der Waals surface area contributed by atoms with Crippen LogP contribution in [0.1, 0.15) is 80.6 Å². The van der Waals surface area contributed by atoms with E-state index in [0.29, 0.717) is 71.7 Å². The summed E-state index contributed by atoms with van der Waals surface area (Å²) in [6.45, 7) is 9.75. The molecule has 6 heterocycles. The Labute approximate surface area is 432 Å². The van der Waals surface area contributed by atoms with Crippen molar-refractivity contribution in [1.82, 2.24) is 41.9 Å². The Balaban J connectivity index is 0.000000161. The Morgan fingerprint density at radius 1 is 0.514 bits per heavy atom. The number of amides is 4. The van der Waals surface area contributed by atoms with Gasteiger partial charge in [0.25, 0.3) is 23.6 Å². The number of carbonyl (C=O) groups excluding carboxylic acids is 4. The molecule has 4 N–H and O–H groups in total. The molecule has 0 spiro atoms.